The van der Waals surface area contributed by atoms with E-state index in [-0.39, 0.29) is 6.04 Å². The third kappa shape index (κ3) is 1.69. The van der Waals surface area contributed by atoms with Gasteiger partial charge in [0.2, 0.25) is 5.89 Å². The maximum Gasteiger partial charge on any atom is 0.266 e. The van der Waals surface area contributed by atoms with E-state index < -0.39 is 0 Å². The van der Waals surface area contributed by atoms with Gasteiger partial charge in [-0.3, -0.25) is 0 Å². The number of hydrogen-bond acceptors (Lipinski definition) is 5. The minimum atomic E-state index is 0.254. The second-order valence-corrected chi connectivity index (χ2v) is 4.82. The third-order valence-corrected chi connectivity index (χ3v) is 3.62. The summed E-state index contributed by atoms with van der Waals surface area (Å²) in [5.41, 5.74) is 0. The Bertz CT molecular complexity index is 359. The molecule has 0 bridgehead atoms. The van der Waals surface area contributed by atoms with E-state index in [0.717, 1.165) is 31.5 Å². The molecule has 2 aliphatic rings. The summed E-state index contributed by atoms with van der Waals surface area (Å²) in [6.07, 6.45) is 3.66. The lowest BCUT2D eigenvalue weighted by Crippen LogP contribution is -2.20. The average molecular weight is 222 g/mol. The molecule has 3 heterocycles. The topological polar surface area (TPSA) is 54.2 Å². The first kappa shape index (κ1) is 10.1. The highest BCUT2D eigenvalue weighted by Gasteiger charge is 2.30. The van der Waals surface area contributed by atoms with Crippen LogP contribution in [-0.2, 0) is 0 Å². The Morgan fingerprint density at radius 3 is 2.88 bits per heavy atom. The molecule has 1 aromatic rings. The summed E-state index contributed by atoms with van der Waals surface area (Å²) < 4.78 is 5.37. The zero-order valence-corrected chi connectivity index (χ0v) is 9.65. The molecule has 2 aliphatic heterocycles. The van der Waals surface area contributed by atoms with Gasteiger partial charge in [-0.05, 0) is 36.9 Å². The van der Waals surface area contributed by atoms with E-state index in [0.29, 0.717) is 5.92 Å². The fourth-order valence-electron chi connectivity index (χ4n) is 2.56. The number of anilines is 1. The lowest BCUT2D eigenvalue weighted by Gasteiger charge is -2.11. The molecule has 2 fully saturated rings. The van der Waals surface area contributed by atoms with Crippen molar-refractivity contribution < 1.29 is 4.52 Å². The van der Waals surface area contributed by atoms with Gasteiger partial charge in [0, 0.05) is 13.1 Å². The Balaban J connectivity index is 1.76. The maximum atomic E-state index is 5.37. The predicted octanol–water partition coefficient (Wildman–Crippen LogP) is 1.34. The summed E-state index contributed by atoms with van der Waals surface area (Å²) in [6, 6.07) is 0.254. The van der Waals surface area contributed by atoms with Crippen molar-refractivity contribution in [1.82, 2.24) is 15.5 Å². The van der Waals surface area contributed by atoms with Crippen molar-refractivity contribution in [1.29, 1.82) is 0 Å². The molecule has 0 radical (unpaired) electrons. The van der Waals surface area contributed by atoms with Crippen molar-refractivity contribution in [2.75, 3.05) is 24.5 Å². The van der Waals surface area contributed by atoms with Gasteiger partial charge in [0.25, 0.3) is 5.95 Å². The van der Waals surface area contributed by atoms with Gasteiger partial charge in [-0.1, -0.05) is 6.92 Å². The van der Waals surface area contributed by atoms with Crippen LogP contribution in [0, 0.1) is 5.92 Å². The van der Waals surface area contributed by atoms with Crippen LogP contribution in [0.25, 0.3) is 0 Å². The summed E-state index contributed by atoms with van der Waals surface area (Å²) in [5, 5.41) is 7.49. The van der Waals surface area contributed by atoms with E-state index in [1.165, 1.54) is 19.3 Å². The number of hydrogen-bond donors (Lipinski definition) is 1. The Kier molecular flexibility index (Phi) is 2.55. The smallest absolute Gasteiger partial charge is 0.266 e. The lowest BCUT2D eigenvalue weighted by molar-refractivity contribution is 0.319. The maximum absolute atomic E-state index is 5.37. The van der Waals surface area contributed by atoms with Crippen LogP contribution >= 0.6 is 0 Å². The van der Waals surface area contributed by atoms with Crippen LogP contribution in [0.5, 0.6) is 0 Å². The summed E-state index contributed by atoms with van der Waals surface area (Å²) in [6.45, 7) is 5.40. The van der Waals surface area contributed by atoms with E-state index in [1.54, 1.807) is 0 Å². The summed E-state index contributed by atoms with van der Waals surface area (Å²) in [4.78, 5) is 6.71. The van der Waals surface area contributed by atoms with Gasteiger partial charge in [-0.2, -0.15) is 4.98 Å². The molecule has 88 valence electrons. The van der Waals surface area contributed by atoms with E-state index in [1.807, 2.05) is 0 Å². The monoisotopic (exact) mass is 222 g/mol. The molecule has 2 atom stereocenters. The molecule has 1 aromatic heterocycles. The molecule has 2 saturated heterocycles. The molecule has 0 spiro atoms. The average Bonchev–Trinajstić information content (AvgIpc) is 2.96. The van der Waals surface area contributed by atoms with Crippen molar-refractivity contribution in [3.63, 3.8) is 0 Å². The van der Waals surface area contributed by atoms with Gasteiger partial charge in [0.1, 0.15) is 0 Å². The van der Waals surface area contributed by atoms with Crippen molar-refractivity contribution in [3.05, 3.63) is 5.89 Å². The van der Waals surface area contributed by atoms with Crippen LogP contribution in [0.1, 0.15) is 38.1 Å². The predicted molar refractivity (Wildman–Crippen MR) is 60.3 cm³/mol. The van der Waals surface area contributed by atoms with Crippen LogP contribution in [0.3, 0.4) is 0 Å². The number of nitrogens with one attached hydrogen (secondary N) is 1. The standard InChI is InChI=1S/C11H18N4O/c1-8-4-5-12-9(8)10-13-11(14-16-10)15-6-2-3-7-15/h8-9,12H,2-7H2,1H3. The second-order valence-electron chi connectivity index (χ2n) is 4.82. The van der Waals surface area contributed by atoms with E-state index in [4.69, 9.17) is 4.52 Å². The molecule has 0 saturated carbocycles. The molecular weight excluding hydrogens is 204 g/mol. The van der Waals surface area contributed by atoms with Crippen molar-refractivity contribution in [3.8, 4) is 0 Å². The van der Waals surface area contributed by atoms with E-state index in [2.05, 4.69) is 27.3 Å². The van der Waals surface area contributed by atoms with Crippen LogP contribution in [0.4, 0.5) is 5.95 Å². The molecule has 0 amide bonds. The van der Waals surface area contributed by atoms with E-state index in [9.17, 15) is 0 Å². The van der Waals surface area contributed by atoms with Gasteiger partial charge < -0.3 is 14.7 Å². The molecule has 2 unspecified atom stereocenters. The van der Waals surface area contributed by atoms with Crippen LogP contribution < -0.4 is 10.2 Å². The largest absolute Gasteiger partial charge is 0.338 e. The zero-order chi connectivity index (χ0) is 11.0. The lowest BCUT2D eigenvalue weighted by atomic mass is 10.0. The normalized spacial score (nSPS) is 30.2. The Morgan fingerprint density at radius 1 is 1.38 bits per heavy atom. The first-order valence-electron chi connectivity index (χ1n) is 6.16. The Morgan fingerprint density at radius 2 is 2.19 bits per heavy atom. The van der Waals surface area contributed by atoms with Crippen molar-refractivity contribution in [2.24, 2.45) is 5.92 Å². The van der Waals surface area contributed by atoms with Gasteiger partial charge in [0.15, 0.2) is 0 Å². The SMILES string of the molecule is CC1CCNC1c1nc(N2CCCC2)no1. The molecule has 0 aromatic carbocycles. The fraction of sp³-hybridized carbons (Fsp3) is 0.818. The van der Waals surface area contributed by atoms with Gasteiger partial charge in [-0.15, -0.1) is 0 Å². The number of nitrogens with zero attached hydrogens (tertiary/aromatic N) is 3. The minimum Gasteiger partial charge on any atom is -0.338 e. The number of aromatic nitrogens is 2. The fourth-order valence-corrected chi connectivity index (χ4v) is 2.56. The second kappa shape index (κ2) is 4.05. The molecule has 1 N–H and O–H groups in total. The third-order valence-electron chi connectivity index (χ3n) is 3.62. The molecule has 5 heteroatoms. The molecule has 0 aliphatic carbocycles. The first-order chi connectivity index (χ1) is 7.84. The summed E-state index contributed by atoms with van der Waals surface area (Å²) >= 11 is 0. The highest BCUT2D eigenvalue weighted by atomic mass is 16.5. The van der Waals surface area contributed by atoms with Gasteiger partial charge in [0.05, 0.1) is 6.04 Å². The van der Waals surface area contributed by atoms with Crippen LogP contribution in [0.2, 0.25) is 0 Å². The van der Waals surface area contributed by atoms with Crippen LogP contribution in [-0.4, -0.2) is 29.8 Å². The van der Waals surface area contributed by atoms with Crippen LogP contribution in [0.15, 0.2) is 4.52 Å². The molecule has 5 nitrogen and oxygen atoms in total. The molecule has 3 rings (SSSR count). The highest BCUT2D eigenvalue weighted by molar-refractivity contribution is 5.29. The van der Waals surface area contributed by atoms with E-state index >= 15 is 0 Å². The minimum absolute atomic E-state index is 0.254. The quantitative estimate of drug-likeness (QED) is 0.818. The Labute approximate surface area is 95.2 Å². The number of rotatable bonds is 2. The molecular formula is C11H18N4O. The zero-order valence-electron chi connectivity index (χ0n) is 9.65. The summed E-state index contributed by atoms with van der Waals surface area (Å²) in [5.74, 6) is 2.12. The van der Waals surface area contributed by atoms with Crippen molar-refractivity contribution in [2.45, 2.75) is 32.2 Å². The van der Waals surface area contributed by atoms with Crippen molar-refractivity contribution >= 4 is 5.95 Å². The first-order valence-corrected chi connectivity index (χ1v) is 6.16. The molecule has 16 heavy (non-hydrogen) atoms. The Hall–Kier alpha value is -1.10. The van der Waals surface area contributed by atoms with Gasteiger partial charge >= 0.3 is 0 Å². The van der Waals surface area contributed by atoms with Gasteiger partial charge in [-0.25, -0.2) is 0 Å². The summed E-state index contributed by atoms with van der Waals surface area (Å²) in [7, 11) is 0. The highest BCUT2D eigenvalue weighted by Crippen LogP contribution is 2.29.